The highest BCUT2D eigenvalue weighted by Crippen LogP contribution is 2.72. The van der Waals surface area contributed by atoms with Crippen LogP contribution < -0.4 is 18.9 Å². The summed E-state index contributed by atoms with van der Waals surface area (Å²) in [6.45, 7) is 1.03. The second-order valence-electron chi connectivity index (χ2n) is 11.0. The fourth-order valence-corrected chi connectivity index (χ4v) is 8.29. The Morgan fingerprint density at radius 1 is 1.00 bits per heavy atom. The van der Waals surface area contributed by atoms with Gasteiger partial charge in [0.05, 0.1) is 31.4 Å². The van der Waals surface area contributed by atoms with Crippen LogP contribution in [0.15, 0.2) is 30.3 Å². The molecule has 10 nitrogen and oxygen atoms in total. The van der Waals surface area contributed by atoms with Crippen molar-refractivity contribution >= 4 is 5.97 Å². The number of likely N-dealkylation sites (tertiary alicyclic amines) is 1. The number of fused-ring (bicyclic) bond motifs is 4. The molecule has 39 heavy (non-hydrogen) atoms. The van der Waals surface area contributed by atoms with E-state index < -0.39 is 34.9 Å². The third-order valence-corrected chi connectivity index (χ3v) is 9.80. The van der Waals surface area contributed by atoms with E-state index in [0.717, 1.165) is 42.0 Å². The molecule has 3 aliphatic heterocycles. The number of carbonyl (C=O) groups is 1. The van der Waals surface area contributed by atoms with Gasteiger partial charge in [-0.3, -0.25) is 4.90 Å². The first kappa shape index (κ1) is 25.0. The summed E-state index contributed by atoms with van der Waals surface area (Å²) in [4.78, 5) is 15.9. The number of methoxy groups -OCH3 is 4. The van der Waals surface area contributed by atoms with Crippen molar-refractivity contribution in [3.05, 3.63) is 47.0 Å². The molecule has 7 rings (SSSR count). The Balaban J connectivity index is 1.35. The summed E-state index contributed by atoms with van der Waals surface area (Å²) in [6, 6.07) is 9.14. The number of carbonyl (C=O) groups excluding carboxylic acids is 1. The Morgan fingerprint density at radius 2 is 1.77 bits per heavy atom. The van der Waals surface area contributed by atoms with E-state index in [9.17, 15) is 4.79 Å². The van der Waals surface area contributed by atoms with Crippen LogP contribution in [0.25, 0.3) is 0 Å². The normalized spacial score (nSPS) is 35.4. The van der Waals surface area contributed by atoms with Crippen molar-refractivity contribution in [1.29, 1.82) is 0 Å². The Morgan fingerprint density at radius 3 is 2.49 bits per heavy atom. The van der Waals surface area contributed by atoms with E-state index in [2.05, 4.69) is 24.1 Å². The molecule has 2 aromatic rings. The van der Waals surface area contributed by atoms with Crippen molar-refractivity contribution in [1.82, 2.24) is 4.90 Å². The molecular weight excluding hydrogens is 506 g/mol. The molecule has 0 radical (unpaired) electrons. The molecule has 6 unspecified atom stereocenters. The number of esters is 1. The predicted octanol–water partition coefficient (Wildman–Crippen LogP) is 3.21. The number of hydrogen-bond donors (Lipinski definition) is 0. The van der Waals surface area contributed by atoms with Gasteiger partial charge >= 0.3 is 5.97 Å². The summed E-state index contributed by atoms with van der Waals surface area (Å²) in [5.74, 6) is 0.770. The van der Waals surface area contributed by atoms with E-state index >= 15 is 0 Å². The van der Waals surface area contributed by atoms with E-state index in [1.165, 1.54) is 7.11 Å². The van der Waals surface area contributed by atoms with Crippen molar-refractivity contribution in [3.63, 3.8) is 0 Å². The fraction of sp³-hybridized carbons (Fsp3) is 0.552. The van der Waals surface area contributed by atoms with Gasteiger partial charge in [-0.15, -0.1) is 0 Å². The first-order chi connectivity index (χ1) is 18.9. The summed E-state index contributed by atoms with van der Waals surface area (Å²) in [5, 5.41) is 0. The van der Waals surface area contributed by atoms with Gasteiger partial charge < -0.3 is 37.9 Å². The molecule has 3 fully saturated rings. The lowest BCUT2D eigenvalue weighted by Crippen LogP contribution is -2.77. The molecule has 2 bridgehead atoms. The minimum atomic E-state index is -1.18. The zero-order valence-electron chi connectivity index (χ0n) is 22.8. The van der Waals surface area contributed by atoms with Crippen molar-refractivity contribution in [2.24, 2.45) is 0 Å². The van der Waals surface area contributed by atoms with Gasteiger partial charge in [0.1, 0.15) is 12.2 Å². The number of benzene rings is 2. The summed E-state index contributed by atoms with van der Waals surface area (Å²) in [7, 11) is 8.49. The number of hydrogen-bond acceptors (Lipinski definition) is 10. The fourth-order valence-electron chi connectivity index (χ4n) is 8.29. The summed E-state index contributed by atoms with van der Waals surface area (Å²) in [6.07, 6.45) is 0.575. The molecule has 0 aromatic heterocycles. The van der Waals surface area contributed by atoms with Gasteiger partial charge in [-0.25, -0.2) is 4.79 Å². The van der Waals surface area contributed by atoms with Crippen LogP contribution in [0.4, 0.5) is 0 Å². The Labute approximate surface area is 226 Å². The van der Waals surface area contributed by atoms with Gasteiger partial charge in [-0.1, -0.05) is 0 Å². The largest absolute Gasteiger partial charge is 0.493 e. The van der Waals surface area contributed by atoms with E-state index in [1.807, 2.05) is 0 Å². The van der Waals surface area contributed by atoms with Gasteiger partial charge in [0.25, 0.3) is 0 Å². The van der Waals surface area contributed by atoms with E-state index in [4.69, 9.17) is 37.9 Å². The average Bonchev–Trinajstić information content (AvgIpc) is 3.64. The SMILES string of the molecule is COc1ccc(C(=O)OC2CC34CCN(C)C35CC(OC5(OC)C2OC)c2cc3c(cc24)OCO3)cc1OC. The third-order valence-electron chi connectivity index (χ3n) is 9.80. The number of likely N-dealkylation sites (N-methyl/N-ethyl adjacent to an activating group) is 1. The number of ether oxygens (including phenoxy) is 8. The smallest absolute Gasteiger partial charge is 0.338 e. The van der Waals surface area contributed by atoms with Gasteiger partial charge in [0, 0.05) is 26.1 Å². The van der Waals surface area contributed by atoms with Crippen LogP contribution in [-0.2, 0) is 24.4 Å². The highest BCUT2D eigenvalue weighted by atomic mass is 16.7. The van der Waals surface area contributed by atoms with Crippen molar-refractivity contribution < 1.29 is 42.7 Å². The number of nitrogens with zero attached hydrogens (tertiary/aromatic N) is 1. The van der Waals surface area contributed by atoms with E-state index in [1.54, 1.807) is 39.5 Å². The number of rotatable bonds is 6. The second kappa shape index (κ2) is 8.47. The summed E-state index contributed by atoms with van der Waals surface area (Å²) in [5.41, 5.74) is 1.62. The molecule has 2 aliphatic carbocycles. The van der Waals surface area contributed by atoms with Gasteiger partial charge in [0.2, 0.25) is 12.6 Å². The van der Waals surface area contributed by atoms with Crippen LogP contribution in [0.3, 0.4) is 0 Å². The van der Waals surface area contributed by atoms with Crippen molar-refractivity contribution in [3.8, 4) is 23.0 Å². The highest BCUT2D eigenvalue weighted by Gasteiger charge is 2.82. The van der Waals surface area contributed by atoms with Crippen LogP contribution in [-0.4, -0.2) is 83.2 Å². The summed E-state index contributed by atoms with van der Waals surface area (Å²) < 4.78 is 48.0. The van der Waals surface area contributed by atoms with E-state index in [0.29, 0.717) is 23.5 Å². The van der Waals surface area contributed by atoms with Crippen LogP contribution in [0.5, 0.6) is 23.0 Å². The lowest BCUT2D eigenvalue weighted by atomic mass is 9.50. The Bertz CT molecular complexity index is 1350. The van der Waals surface area contributed by atoms with Crippen molar-refractivity contribution in [2.75, 3.05) is 48.8 Å². The Hall–Kier alpha value is -3.05. The molecule has 1 spiro atoms. The quantitative estimate of drug-likeness (QED) is 0.510. The van der Waals surface area contributed by atoms with E-state index in [-0.39, 0.29) is 12.9 Å². The molecule has 2 saturated heterocycles. The lowest BCUT2D eigenvalue weighted by Gasteiger charge is -2.61. The van der Waals surface area contributed by atoms with Gasteiger partial charge in [-0.05, 0) is 67.9 Å². The molecule has 3 heterocycles. The first-order valence-electron chi connectivity index (χ1n) is 13.2. The van der Waals surface area contributed by atoms with Gasteiger partial charge in [0.15, 0.2) is 23.0 Å². The lowest BCUT2D eigenvalue weighted by molar-refractivity contribution is -0.338. The highest BCUT2D eigenvalue weighted by molar-refractivity contribution is 5.90. The predicted molar refractivity (Wildman–Crippen MR) is 137 cm³/mol. The Kier molecular flexibility index (Phi) is 5.42. The van der Waals surface area contributed by atoms with Crippen LogP contribution in [0, 0.1) is 0 Å². The standard InChI is InChI=1S/C29H33NO9/c1-30-9-8-27-13-24(38-26(31)16-6-7-19(32-2)20(10-16)33-3)25(34-4)29(35-5)28(27,30)14-23(39-29)17-11-21-22(12-18(17)27)37-15-36-21/h6-7,10-12,23-25H,8-9,13-15H2,1-5H3. The minimum Gasteiger partial charge on any atom is -0.493 e. The van der Waals surface area contributed by atoms with Gasteiger partial charge in [-0.2, -0.15) is 0 Å². The minimum absolute atomic E-state index is 0.196. The molecule has 5 aliphatic rings. The van der Waals surface area contributed by atoms with Crippen molar-refractivity contribution in [2.45, 2.75) is 54.3 Å². The molecule has 0 N–H and O–H groups in total. The molecular formula is C29H33NO9. The van der Waals surface area contributed by atoms with Crippen LogP contribution >= 0.6 is 0 Å². The maximum atomic E-state index is 13.6. The second-order valence-corrected chi connectivity index (χ2v) is 11.0. The zero-order valence-corrected chi connectivity index (χ0v) is 22.8. The molecule has 0 amide bonds. The monoisotopic (exact) mass is 539 g/mol. The molecule has 2 aromatic carbocycles. The molecule has 6 atom stereocenters. The van der Waals surface area contributed by atoms with Crippen LogP contribution in [0.2, 0.25) is 0 Å². The maximum Gasteiger partial charge on any atom is 0.338 e. The zero-order chi connectivity index (χ0) is 27.2. The topological polar surface area (TPSA) is 94.2 Å². The summed E-state index contributed by atoms with van der Waals surface area (Å²) >= 11 is 0. The molecule has 208 valence electrons. The average molecular weight is 540 g/mol. The van der Waals surface area contributed by atoms with Crippen LogP contribution in [0.1, 0.15) is 46.9 Å². The molecule has 10 heteroatoms. The third kappa shape index (κ3) is 2.92. The first-order valence-corrected chi connectivity index (χ1v) is 13.2. The molecule has 1 saturated carbocycles. The maximum absolute atomic E-state index is 13.6.